The van der Waals surface area contributed by atoms with E-state index in [1.165, 1.54) is 22.2 Å². The predicted octanol–water partition coefficient (Wildman–Crippen LogP) is 2.47. The average molecular weight is 251 g/mol. The van der Waals surface area contributed by atoms with Crippen molar-refractivity contribution in [3.8, 4) is 6.07 Å². The van der Waals surface area contributed by atoms with Crippen LogP contribution in [0.3, 0.4) is 0 Å². The Morgan fingerprint density at radius 1 is 1.26 bits per heavy atom. The number of pyridine rings is 1. The second kappa shape index (κ2) is 4.99. The third-order valence-electron chi connectivity index (χ3n) is 4.00. The van der Waals surface area contributed by atoms with Crippen molar-refractivity contribution < 1.29 is 0 Å². The van der Waals surface area contributed by atoms with Crippen LogP contribution in [0.4, 0.5) is 0 Å². The van der Waals surface area contributed by atoms with Crippen molar-refractivity contribution in [2.45, 2.75) is 19.8 Å². The van der Waals surface area contributed by atoms with Gasteiger partial charge in [-0.2, -0.15) is 5.26 Å². The van der Waals surface area contributed by atoms with Gasteiger partial charge < -0.3 is 0 Å². The van der Waals surface area contributed by atoms with Crippen LogP contribution in [0.15, 0.2) is 24.3 Å². The zero-order valence-corrected chi connectivity index (χ0v) is 11.2. The summed E-state index contributed by atoms with van der Waals surface area (Å²) in [5.41, 5.74) is 5.06. The monoisotopic (exact) mass is 251 g/mol. The molecule has 0 bridgehead atoms. The molecular weight excluding hydrogens is 234 g/mol. The summed E-state index contributed by atoms with van der Waals surface area (Å²) in [6.45, 7) is 4.61. The molecule has 0 aliphatic carbocycles. The summed E-state index contributed by atoms with van der Waals surface area (Å²) < 4.78 is 0. The van der Waals surface area contributed by atoms with Gasteiger partial charge in [-0.05, 0) is 30.5 Å². The molecule has 1 aromatic heterocycles. The molecule has 0 unspecified atom stereocenters. The molecule has 2 heterocycles. The largest absolute Gasteiger partial charge is 0.290 e. The first kappa shape index (κ1) is 12.1. The minimum Gasteiger partial charge on any atom is -0.290 e. The highest BCUT2D eigenvalue weighted by molar-refractivity contribution is 5.83. The Kier molecular flexibility index (Phi) is 3.18. The van der Waals surface area contributed by atoms with Crippen LogP contribution in [-0.4, -0.2) is 29.5 Å². The van der Waals surface area contributed by atoms with E-state index >= 15 is 0 Å². The molecule has 0 fully saturated rings. The van der Waals surface area contributed by atoms with Gasteiger partial charge in [-0.25, -0.2) is 0 Å². The van der Waals surface area contributed by atoms with Crippen LogP contribution in [0.25, 0.3) is 10.9 Å². The molecular formula is C16H17N3. The van der Waals surface area contributed by atoms with Crippen molar-refractivity contribution in [2.75, 3.05) is 19.6 Å². The maximum atomic E-state index is 8.83. The molecule has 1 aromatic carbocycles. The van der Waals surface area contributed by atoms with Crippen LogP contribution in [0.2, 0.25) is 0 Å². The molecule has 0 spiro atoms. The van der Waals surface area contributed by atoms with E-state index in [9.17, 15) is 0 Å². The van der Waals surface area contributed by atoms with Crippen LogP contribution in [0, 0.1) is 18.3 Å². The van der Waals surface area contributed by atoms with Crippen molar-refractivity contribution in [3.63, 3.8) is 0 Å². The number of fused-ring (bicyclic) bond motifs is 2. The summed E-state index contributed by atoms with van der Waals surface area (Å²) in [6.07, 6.45) is 1.95. The molecule has 0 saturated heterocycles. The molecule has 0 radical (unpaired) electrons. The standard InChI is InChI=1S/C16H17N3/c1-12-13-4-2-3-5-15(13)18-16-7-10-19(11-8-17)9-6-14(12)16/h2-5H,6-7,9-11H2,1H3. The predicted molar refractivity (Wildman–Crippen MR) is 75.9 cm³/mol. The summed E-state index contributed by atoms with van der Waals surface area (Å²) >= 11 is 0. The summed E-state index contributed by atoms with van der Waals surface area (Å²) in [7, 11) is 0. The molecule has 3 rings (SSSR count). The zero-order chi connectivity index (χ0) is 13.2. The Hall–Kier alpha value is -1.92. The third-order valence-corrected chi connectivity index (χ3v) is 4.00. The van der Waals surface area contributed by atoms with E-state index in [0.29, 0.717) is 6.54 Å². The van der Waals surface area contributed by atoms with Gasteiger partial charge in [-0.3, -0.25) is 9.88 Å². The second-order valence-corrected chi connectivity index (χ2v) is 5.11. The van der Waals surface area contributed by atoms with Crippen molar-refractivity contribution in [1.82, 2.24) is 9.88 Å². The van der Waals surface area contributed by atoms with E-state index in [0.717, 1.165) is 31.4 Å². The highest BCUT2D eigenvalue weighted by Gasteiger charge is 2.17. The van der Waals surface area contributed by atoms with Crippen LogP contribution >= 0.6 is 0 Å². The van der Waals surface area contributed by atoms with E-state index in [1.54, 1.807) is 0 Å². The van der Waals surface area contributed by atoms with Gasteiger partial charge >= 0.3 is 0 Å². The van der Waals surface area contributed by atoms with Crippen LogP contribution in [0.1, 0.15) is 16.8 Å². The number of hydrogen-bond donors (Lipinski definition) is 0. The smallest absolute Gasteiger partial charge is 0.0866 e. The van der Waals surface area contributed by atoms with Gasteiger partial charge in [0.25, 0.3) is 0 Å². The SMILES string of the molecule is Cc1c2c(nc3ccccc13)CCN(CC#N)CC2. The third kappa shape index (κ3) is 2.20. The highest BCUT2D eigenvalue weighted by Crippen LogP contribution is 2.25. The number of hydrogen-bond acceptors (Lipinski definition) is 3. The fourth-order valence-corrected chi connectivity index (χ4v) is 2.92. The fraction of sp³-hybridized carbons (Fsp3) is 0.375. The first-order chi connectivity index (χ1) is 9.29. The molecule has 96 valence electrons. The Balaban J connectivity index is 2.05. The Morgan fingerprint density at radius 3 is 2.89 bits per heavy atom. The minimum absolute atomic E-state index is 0.520. The van der Waals surface area contributed by atoms with Gasteiger partial charge in [0.1, 0.15) is 0 Å². The van der Waals surface area contributed by atoms with Crippen molar-refractivity contribution in [3.05, 3.63) is 41.1 Å². The van der Waals surface area contributed by atoms with Crippen LogP contribution < -0.4 is 0 Å². The minimum atomic E-state index is 0.520. The van der Waals surface area contributed by atoms with Gasteiger partial charge in [-0.15, -0.1) is 0 Å². The number of aryl methyl sites for hydroxylation is 1. The molecule has 1 aliphatic rings. The molecule has 19 heavy (non-hydrogen) atoms. The summed E-state index contributed by atoms with van der Waals surface area (Å²) in [5.74, 6) is 0. The first-order valence-corrected chi connectivity index (χ1v) is 6.76. The van der Waals surface area contributed by atoms with Crippen LogP contribution in [-0.2, 0) is 12.8 Å². The molecule has 0 saturated carbocycles. The Labute approximate surface area is 113 Å². The van der Waals surface area contributed by atoms with Gasteiger partial charge in [-0.1, -0.05) is 18.2 Å². The lowest BCUT2D eigenvalue weighted by atomic mass is 9.99. The zero-order valence-electron chi connectivity index (χ0n) is 11.2. The van der Waals surface area contributed by atoms with E-state index in [-0.39, 0.29) is 0 Å². The second-order valence-electron chi connectivity index (χ2n) is 5.11. The lowest BCUT2D eigenvalue weighted by Gasteiger charge is -2.14. The van der Waals surface area contributed by atoms with Crippen molar-refractivity contribution in [1.29, 1.82) is 5.26 Å². The van der Waals surface area contributed by atoms with Crippen molar-refractivity contribution >= 4 is 10.9 Å². The first-order valence-electron chi connectivity index (χ1n) is 6.76. The van der Waals surface area contributed by atoms with Gasteiger partial charge in [0.05, 0.1) is 18.1 Å². The quantitative estimate of drug-likeness (QED) is 0.731. The molecule has 2 aromatic rings. The topological polar surface area (TPSA) is 39.9 Å². The van der Waals surface area contributed by atoms with E-state index < -0.39 is 0 Å². The lowest BCUT2D eigenvalue weighted by Crippen LogP contribution is -2.26. The maximum Gasteiger partial charge on any atom is 0.0866 e. The molecule has 0 atom stereocenters. The molecule has 0 N–H and O–H groups in total. The fourth-order valence-electron chi connectivity index (χ4n) is 2.92. The summed E-state index contributed by atoms with van der Waals surface area (Å²) in [5, 5.41) is 10.1. The Bertz CT molecular complexity index is 655. The van der Waals surface area contributed by atoms with E-state index in [2.05, 4.69) is 36.1 Å². The van der Waals surface area contributed by atoms with E-state index in [1.807, 2.05) is 6.07 Å². The maximum absolute atomic E-state index is 8.83. The number of para-hydroxylation sites is 1. The molecule has 3 nitrogen and oxygen atoms in total. The van der Waals surface area contributed by atoms with Crippen LogP contribution in [0.5, 0.6) is 0 Å². The Morgan fingerprint density at radius 2 is 2.05 bits per heavy atom. The summed E-state index contributed by atoms with van der Waals surface area (Å²) in [6, 6.07) is 10.6. The molecule has 1 aliphatic heterocycles. The number of benzene rings is 1. The number of aromatic nitrogens is 1. The average Bonchev–Trinajstić information content (AvgIpc) is 2.63. The van der Waals surface area contributed by atoms with Crippen molar-refractivity contribution in [2.24, 2.45) is 0 Å². The highest BCUT2D eigenvalue weighted by atomic mass is 15.1. The van der Waals surface area contributed by atoms with Gasteiger partial charge in [0, 0.05) is 30.6 Å². The number of nitrogens with zero attached hydrogens (tertiary/aromatic N) is 3. The summed E-state index contributed by atoms with van der Waals surface area (Å²) in [4.78, 5) is 7.04. The lowest BCUT2D eigenvalue weighted by molar-refractivity contribution is 0.321. The normalized spacial score (nSPS) is 15.8. The number of nitriles is 1. The van der Waals surface area contributed by atoms with Gasteiger partial charge in [0.15, 0.2) is 0 Å². The number of rotatable bonds is 1. The molecule has 0 amide bonds. The van der Waals surface area contributed by atoms with E-state index in [4.69, 9.17) is 10.2 Å². The molecule has 3 heteroatoms. The van der Waals surface area contributed by atoms with Gasteiger partial charge in [0.2, 0.25) is 0 Å².